The van der Waals surface area contributed by atoms with Crippen LogP contribution in [-0.2, 0) is 20.4 Å². The molecule has 6 heteroatoms. The third-order valence-electron chi connectivity index (χ3n) is 4.08. The Morgan fingerprint density at radius 3 is 2.23 bits per heavy atom. The number of hydrogen-bond acceptors (Lipinski definition) is 4. The maximum atomic E-state index is 12.2. The van der Waals surface area contributed by atoms with E-state index in [0.29, 0.717) is 5.75 Å². The van der Waals surface area contributed by atoms with Gasteiger partial charge in [-0.2, -0.15) is 0 Å². The van der Waals surface area contributed by atoms with Gasteiger partial charge in [-0.3, -0.25) is 4.79 Å². The molecule has 0 aromatic heterocycles. The van der Waals surface area contributed by atoms with Gasteiger partial charge >= 0.3 is 0 Å². The minimum atomic E-state index is -3.21. The monoisotopic (exact) mass is 391 g/mol. The van der Waals surface area contributed by atoms with Crippen LogP contribution in [0.2, 0.25) is 0 Å². The molecule has 1 N–H and O–H groups in total. The normalized spacial score (nSPS) is 12.6. The zero-order valence-corrected chi connectivity index (χ0v) is 17.0. The van der Waals surface area contributed by atoms with E-state index in [9.17, 15) is 13.2 Å². The number of sulfone groups is 1. The number of hydrogen-bond donors (Lipinski definition) is 1. The van der Waals surface area contributed by atoms with E-state index in [-0.39, 0.29) is 16.8 Å². The maximum absolute atomic E-state index is 12.2. The Kier molecular flexibility index (Phi) is 7.29. The van der Waals surface area contributed by atoms with Gasteiger partial charge in [-0.1, -0.05) is 48.9 Å². The number of nitrogens with one attached hydrogen (secondary N) is 1. The predicted molar refractivity (Wildman–Crippen MR) is 108 cm³/mol. The lowest BCUT2D eigenvalue weighted by Crippen LogP contribution is -2.29. The molecule has 0 bridgehead atoms. The molecular weight excluding hydrogens is 366 g/mol. The Morgan fingerprint density at radius 1 is 1.08 bits per heavy atom. The first-order chi connectivity index (χ1) is 12.3. The summed E-state index contributed by atoms with van der Waals surface area (Å²) in [6, 6.07) is 14.9. The molecule has 0 saturated heterocycles. The van der Waals surface area contributed by atoms with Crippen LogP contribution in [0.15, 0.2) is 53.4 Å². The van der Waals surface area contributed by atoms with Crippen molar-refractivity contribution in [1.29, 1.82) is 0 Å². The molecule has 0 aliphatic carbocycles. The second-order valence-corrected chi connectivity index (χ2v) is 9.35. The molecule has 0 heterocycles. The molecular formula is C20H25NO3S2. The Labute approximate surface area is 160 Å². The molecule has 0 saturated carbocycles. The number of benzene rings is 2. The van der Waals surface area contributed by atoms with E-state index in [1.807, 2.05) is 6.92 Å². The molecule has 2 aromatic carbocycles. The molecule has 0 aliphatic heterocycles. The highest BCUT2D eigenvalue weighted by molar-refractivity contribution is 7.99. The van der Waals surface area contributed by atoms with Gasteiger partial charge in [0, 0.05) is 12.0 Å². The summed E-state index contributed by atoms with van der Waals surface area (Å²) >= 11 is 1.58. The largest absolute Gasteiger partial charge is 0.349 e. The van der Waals surface area contributed by atoms with Gasteiger partial charge in [0.05, 0.1) is 16.7 Å². The van der Waals surface area contributed by atoms with E-state index in [2.05, 4.69) is 36.5 Å². The summed E-state index contributed by atoms with van der Waals surface area (Å²) in [5, 5.41) is 3.03. The van der Waals surface area contributed by atoms with Crippen LogP contribution in [0.3, 0.4) is 0 Å². The lowest BCUT2D eigenvalue weighted by Gasteiger charge is -2.17. The second kappa shape index (κ2) is 9.24. The number of aryl methyl sites for hydroxylation is 1. The molecule has 0 spiro atoms. The van der Waals surface area contributed by atoms with Gasteiger partial charge in [-0.25, -0.2) is 8.42 Å². The number of carbonyl (C=O) groups is 1. The van der Waals surface area contributed by atoms with Crippen LogP contribution < -0.4 is 5.32 Å². The molecule has 0 fully saturated rings. The fourth-order valence-electron chi connectivity index (χ4n) is 2.55. The quantitative estimate of drug-likeness (QED) is 0.741. The predicted octanol–water partition coefficient (Wildman–Crippen LogP) is 3.90. The average Bonchev–Trinajstić information content (AvgIpc) is 2.61. The van der Waals surface area contributed by atoms with Crippen molar-refractivity contribution in [2.75, 3.05) is 12.0 Å². The molecule has 4 nitrogen and oxygen atoms in total. The van der Waals surface area contributed by atoms with Gasteiger partial charge in [-0.05, 0) is 36.6 Å². The van der Waals surface area contributed by atoms with Crippen LogP contribution in [0.4, 0.5) is 0 Å². The zero-order valence-electron chi connectivity index (χ0n) is 15.4. The molecule has 26 heavy (non-hydrogen) atoms. The minimum absolute atomic E-state index is 0.0128. The van der Waals surface area contributed by atoms with Crippen LogP contribution in [0.25, 0.3) is 0 Å². The van der Waals surface area contributed by atoms with Crippen molar-refractivity contribution in [3.05, 3.63) is 65.2 Å². The highest BCUT2D eigenvalue weighted by Crippen LogP contribution is 2.20. The first-order valence-corrected chi connectivity index (χ1v) is 11.6. The van der Waals surface area contributed by atoms with Crippen molar-refractivity contribution in [3.63, 3.8) is 0 Å². The van der Waals surface area contributed by atoms with E-state index < -0.39 is 9.84 Å². The Hall–Kier alpha value is -1.79. The van der Waals surface area contributed by atoms with Crippen LogP contribution in [0, 0.1) is 6.92 Å². The lowest BCUT2D eigenvalue weighted by atomic mass is 10.0. The van der Waals surface area contributed by atoms with Crippen molar-refractivity contribution in [3.8, 4) is 0 Å². The lowest BCUT2D eigenvalue weighted by molar-refractivity contribution is -0.119. The van der Waals surface area contributed by atoms with E-state index in [1.54, 1.807) is 36.0 Å². The standard InChI is InChI=1S/C20H25NO3S2/c1-4-19(17-9-11-18(12-10-17)26(3,23)24)21-20(22)14-25-13-16-7-5-15(2)6-8-16/h5-12,19H,4,13-14H2,1-3H3,(H,21,22)/t19-/m1/s1. The van der Waals surface area contributed by atoms with Gasteiger partial charge in [-0.15, -0.1) is 11.8 Å². The Morgan fingerprint density at radius 2 is 1.69 bits per heavy atom. The zero-order chi connectivity index (χ0) is 19.2. The number of amides is 1. The summed E-state index contributed by atoms with van der Waals surface area (Å²) < 4.78 is 23.1. The molecule has 2 rings (SSSR count). The summed E-state index contributed by atoms with van der Waals surface area (Å²) in [7, 11) is -3.21. The third kappa shape index (κ3) is 6.18. The van der Waals surface area contributed by atoms with E-state index in [1.165, 1.54) is 17.4 Å². The molecule has 0 unspecified atom stereocenters. The fourth-order valence-corrected chi connectivity index (χ4v) is 3.98. The topological polar surface area (TPSA) is 63.2 Å². The SMILES string of the molecule is CC[C@@H](NC(=O)CSCc1ccc(C)cc1)c1ccc(S(C)(=O)=O)cc1. The van der Waals surface area contributed by atoms with Crippen LogP contribution in [-0.4, -0.2) is 26.3 Å². The smallest absolute Gasteiger partial charge is 0.230 e. The highest BCUT2D eigenvalue weighted by atomic mass is 32.2. The fraction of sp³-hybridized carbons (Fsp3) is 0.350. The van der Waals surface area contributed by atoms with Crippen molar-refractivity contribution in [2.24, 2.45) is 0 Å². The van der Waals surface area contributed by atoms with Crippen molar-refractivity contribution >= 4 is 27.5 Å². The maximum Gasteiger partial charge on any atom is 0.230 e. The van der Waals surface area contributed by atoms with Crippen LogP contribution in [0.1, 0.15) is 36.1 Å². The van der Waals surface area contributed by atoms with Crippen LogP contribution in [0.5, 0.6) is 0 Å². The molecule has 0 radical (unpaired) electrons. The molecule has 140 valence electrons. The van der Waals surface area contributed by atoms with Crippen molar-refractivity contribution in [2.45, 2.75) is 37.0 Å². The highest BCUT2D eigenvalue weighted by Gasteiger charge is 2.14. The Balaban J connectivity index is 1.88. The summed E-state index contributed by atoms with van der Waals surface area (Å²) in [6.07, 6.45) is 1.93. The molecule has 0 aliphatic rings. The van der Waals surface area contributed by atoms with Crippen LogP contribution >= 0.6 is 11.8 Å². The van der Waals surface area contributed by atoms with Crippen molar-refractivity contribution < 1.29 is 13.2 Å². The third-order valence-corrected chi connectivity index (χ3v) is 6.21. The average molecular weight is 392 g/mol. The van der Waals surface area contributed by atoms with Gasteiger partial charge < -0.3 is 5.32 Å². The van der Waals surface area contributed by atoms with Gasteiger partial charge in [0.15, 0.2) is 9.84 Å². The number of rotatable bonds is 8. The second-order valence-electron chi connectivity index (χ2n) is 6.35. The molecule has 1 amide bonds. The molecule has 2 aromatic rings. The number of thioether (sulfide) groups is 1. The summed E-state index contributed by atoms with van der Waals surface area (Å²) in [5.74, 6) is 1.18. The summed E-state index contributed by atoms with van der Waals surface area (Å²) in [6.45, 7) is 4.05. The van der Waals surface area contributed by atoms with Gasteiger partial charge in [0.2, 0.25) is 5.91 Å². The molecule has 1 atom stereocenters. The van der Waals surface area contributed by atoms with E-state index >= 15 is 0 Å². The van der Waals surface area contributed by atoms with Gasteiger partial charge in [0.1, 0.15) is 0 Å². The van der Waals surface area contributed by atoms with E-state index in [0.717, 1.165) is 17.7 Å². The van der Waals surface area contributed by atoms with Crippen molar-refractivity contribution in [1.82, 2.24) is 5.32 Å². The first-order valence-electron chi connectivity index (χ1n) is 8.52. The summed E-state index contributed by atoms with van der Waals surface area (Å²) in [5.41, 5.74) is 3.35. The minimum Gasteiger partial charge on any atom is -0.349 e. The first kappa shape index (κ1) is 20.5. The van der Waals surface area contributed by atoms with E-state index in [4.69, 9.17) is 0 Å². The Bertz CT molecular complexity index is 828. The number of carbonyl (C=O) groups excluding carboxylic acids is 1. The van der Waals surface area contributed by atoms with Gasteiger partial charge in [0.25, 0.3) is 0 Å². The summed E-state index contributed by atoms with van der Waals surface area (Å²) in [4.78, 5) is 12.5.